The maximum atomic E-state index is 14.7. The van der Waals surface area contributed by atoms with Gasteiger partial charge >= 0.3 is 0 Å². The molecule has 1 atom stereocenters. The second-order valence-corrected chi connectivity index (χ2v) is 12.2. The molecule has 11 heteroatoms. The molecule has 0 saturated heterocycles. The largest absolute Gasteiger partial charge is 0.352 e. The van der Waals surface area contributed by atoms with Gasteiger partial charge in [0.25, 0.3) is 0 Å². The molecule has 3 rings (SSSR count). The van der Waals surface area contributed by atoms with Crippen molar-refractivity contribution in [2.45, 2.75) is 38.9 Å². The molecule has 0 aliphatic carbocycles. The van der Waals surface area contributed by atoms with Crippen LogP contribution in [0.4, 0.5) is 10.1 Å². The number of benzene rings is 3. The minimum atomic E-state index is -3.99. The molecule has 0 aliphatic rings. The topological polar surface area (TPSA) is 86.8 Å². The summed E-state index contributed by atoms with van der Waals surface area (Å²) in [6.07, 6.45) is 1.07. The summed E-state index contributed by atoms with van der Waals surface area (Å²) in [5, 5.41) is 3.20. The third-order valence-corrected chi connectivity index (χ3v) is 7.39. The fraction of sp³-hybridized carbons (Fsp3) is 0.286. The molecule has 0 saturated carbocycles. The molecular formula is C28H30Cl2FN3O4S. The van der Waals surface area contributed by atoms with Gasteiger partial charge in [0.2, 0.25) is 21.8 Å². The van der Waals surface area contributed by atoms with Crippen molar-refractivity contribution < 1.29 is 22.4 Å². The van der Waals surface area contributed by atoms with Gasteiger partial charge in [0.15, 0.2) is 0 Å². The highest BCUT2D eigenvalue weighted by Gasteiger charge is 2.33. The molecule has 0 unspecified atom stereocenters. The van der Waals surface area contributed by atoms with Crippen molar-refractivity contribution in [1.82, 2.24) is 10.2 Å². The van der Waals surface area contributed by atoms with E-state index in [1.807, 2.05) is 30.3 Å². The number of sulfonamides is 1. The van der Waals surface area contributed by atoms with Gasteiger partial charge in [-0.25, -0.2) is 12.8 Å². The molecule has 2 amide bonds. The first-order chi connectivity index (χ1) is 18.3. The highest BCUT2D eigenvalue weighted by molar-refractivity contribution is 7.92. The van der Waals surface area contributed by atoms with Crippen molar-refractivity contribution in [3.05, 3.63) is 99.8 Å². The van der Waals surface area contributed by atoms with Gasteiger partial charge < -0.3 is 10.2 Å². The van der Waals surface area contributed by atoms with E-state index in [1.54, 1.807) is 19.9 Å². The van der Waals surface area contributed by atoms with Crippen LogP contribution in [0.2, 0.25) is 10.0 Å². The van der Waals surface area contributed by atoms with E-state index >= 15 is 0 Å². The van der Waals surface area contributed by atoms with Gasteiger partial charge in [0.1, 0.15) is 18.4 Å². The Labute approximate surface area is 238 Å². The monoisotopic (exact) mass is 593 g/mol. The number of hydrogen-bond donors (Lipinski definition) is 1. The number of amides is 2. The number of halogens is 3. The molecule has 0 spiro atoms. The summed E-state index contributed by atoms with van der Waals surface area (Å²) in [6, 6.07) is 17.9. The van der Waals surface area contributed by atoms with Gasteiger partial charge in [-0.2, -0.15) is 0 Å². The number of carbonyl (C=O) groups excluding carboxylic acids is 2. The number of rotatable bonds is 11. The zero-order valence-electron chi connectivity index (χ0n) is 21.8. The summed E-state index contributed by atoms with van der Waals surface area (Å²) in [6.45, 7) is 2.65. The van der Waals surface area contributed by atoms with Gasteiger partial charge in [-0.15, -0.1) is 0 Å². The van der Waals surface area contributed by atoms with E-state index in [-0.39, 0.29) is 40.3 Å². The van der Waals surface area contributed by atoms with Crippen LogP contribution in [0.5, 0.6) is 0 Å². The van der Waals surface area contributed by atoms with Crippen LogP contribution in [0.25, 0.3) is 0 Å². The van der Waals surface area contributed by atoms with Crippen molar-refractivity contribution in [3.63, 3.8) is 0 Å². The second kappa shape index (κ2) is 13.3. The van der Waals surface area contributed by atoms with Crippen LogP contribution in [0, 0.1) is 5.82 Å². The van der Waals surface area contributed by atoms with E-state index in [2.05, 4.69) is 5.32 Å². The predicted molar refractivity (Wildman–Crippen MR) is 153 cm³/mol. The summed E-state index contributed by atoms with van der Waals surface area (Å²) < 4.78 is 41.2. The lowest BCUT2D eigenvalue weighted by atomic mass is 10.0. The quantitative estimate of drug-likeness (QED) is 0.336. The highest BCUT2D eigenvalue weighted by atomic mass is 35.5. The van der Waals surface area contributed by atoms with E-state index in [0.29, 0.717) is 0 Å². The van der Waals surface area contributed by atoms with Crippen LogP contribution in [-0.2, 0) is 32.6 Å². The molecule has 7 nitrogen and oxygen atoms in total. The fourth-order valence-corrected chi connectivity index (χ4v) is 5.39. The molecule has 39 heavy (non-hydrogen) atoms. The van der Waals surface area contributed by atoms with Crippen LogP contribution < -0.4 is 9.62 Å². The number of anilines is 1. The van der Waals surface area contributed by atoms with Gasteiger partial charge in [0, 0.05) is 34.6 Å². The number of hydrogen-bond acceptors (Lipinski definition) is 4. The molecule has 0 aliphatic heterocycles. The maximum absolute atomic E-state index is 14.7. The molecule has 0 heterocycles. The number of nitrogens with one attached hydrogen (secondary N) is 1. The predicted octanol–water partition coefficient (Wildman–Crippen LogP) is 5.06. The standard InChI is InChI=1S/C28H30Cl2FN3O4S/c1-19(2)32-28(36)26(13-20-9-5-4-6-10-20)33(17-21-11-7-8-12-25(21)31)27(35)18-34(39(3,37)38)24-15-22(29)14-23(30)16-24/h4-12,14-16,19,26H,13,17-18H2,1-3H3,(H,32,36)/t26-/m1/s1. The Kier molecular flexibility index (Phi) is 10.4. The third kappa shape index (κ3) is 8.68. The van der Waals surface area contributed by atoms with Crippen molar-refractivity contribution in [3.8, 4) is 0 Å². The van der Waals surface area contributed by atoms with Crippen LogP contribution in [0.15, 0.2) is 72.8 Å². The first kappa shape index (κ1) is 30.4. The van der Waals surface area contributed by atoms with E-state index in [9.17, 15) is 22.4 Å². The summed E-state index contributed by atoms with van der Waals surface area (Å²) in [4.78, 5) is 28.6. The second-order valence-electron chi connectivity index (χ2n) is 9.38. The van der Waals surface area contributed by atoms with E-state index in [4.69, 9.17) is 23.2 Å². The maximum Gasteiger partial charge on any atom is 0.244 e. The van der Waals surface area contributed by atoms with Crippen molar-refractivity contribution >= 4 is 50.7 Å². The SMILES string of the molecule is CC(C)NC(=O)[C@@H](Cc1ccccc1)N(Cc1ccccc1F)C(=O)CN(c1cc(Cl)cc(Cl)c1)S(C)(=O)=O. The third-order valence-electron chi connectivity index (χ3n) is 5.82. The summed E-state index contributed by atoms with van der Waals surface area (Å²) in [7, 11) is -3.99. The van der Waals surface area contributed by atoms with E-state index < -0.39 is 40.2 Å². The minimum Gasteiger partial charge on any atom is -0.352 e. The number of nitrogens with zero attached hydrogens (tertiary/aromatic N) is 2. The molecular weight excluding hydrogens is 564 g/mol. The number of carbonyl (C=O) groups is 2. The first-order valence-corrected chi connectivity index (χ1v) is 14.8. The zero-order valence-corrected chi connectivity index (χ0v) is 24.1. The Morgan fingerprint density at radius 2 is 1.54 bits per heavy atom. The van der Waals surface area contributed by atoms with Crippen molar-refractivity contribution in [1.29, 1.82) is 0 Å². The fourth-order valence-electron chi connectivity index (χ4n) is 4.04. The Morgan fingerprint density at radius 1 is 0.949 bits per heavy atom. The average Bonchev–Trinajstić information content (AvgIpc) is 2.84. The van der Waals surface area contributed by atoms with Crippen LogP contribution in [0.1, 0.15) is 25.0 Å². The normalized spacial score (nSPS) is 12.2. The van der Waals surface area contributed by atoms with E-state index in [0.717, 1.165) is 16.1 Å². The molecule has 3 aromatic carbocycles. The van der Waals surface area contributed by atoms with Crippen molar-refractivity contribution in [2.24, 2.45) is 0 Å². The Balaban J connectivity index is 2.08. The minimum absolute atomic E-state index is 0.0837. The molecule has 0 fully saturated rings. The highest BCUT2D eigenvalue weighted by Crippen LogP contribution is 2.27. The lowest BCUT2D eigenvalue weighted by molar-refractivity contribution is -0.140. The Bertz CT molecular complexity index is 1400. The molecule has 0 aromatic heterocycles. The summed E-state index contributed by atoms with van der Waals surface area (Å²) >= 11 is 12.2. The lowest BCUT2D eigenvalue weighted by Gasteiger charge is -2.34. The Hall–Kier alpha value is -3.14. The summed E-state index contributed by atoms with van der Waals surface area (Å²) in [5.74, 6) is -1.71. The van der Waals surface area contributed by atoms with Crippen LogP contribution >= 0.6 is 23.2 Å². The molecule has 0 radical (unpaired) electrons. The zero-order chi connectivity index (χ0) is 28.7. The molecule has 3 aromatic rings. The van der Waals surface area contributed by atoms with Gasteiger partial charge in [0.05, 0.1) is 11.9 Å². The van der Waals surface area contributed by atoms with Gasteiger partial charge in [-0.05, 0) is 43.7 Å². The Morgan fingerprint density at radius 3 is 2.10 bits per heavy atom. The van der Waals surface area contributed by atoms with Crippen molar-refractivity contribution in [2.75, 3.05) is 17.1 Å². The molecule has 1 N–H and O–H groups in total. The van der Waals surface area contributed by atoms with Crippen LogP contribution in [0.3, 0.4) is 0 Å². The van der Waals surface area contributed by atoms with Gasteiger partial charge in [-0.1, -0.05) is 71.7 Å². The average molecular weight is 595 g/mol. The molecule has 0 bridgehead atoms. The smallest absolute Gasteiger partial charge is 0.244 e. The van der Waals surface area contributed by atoms with Gasteiger partial charge in [-0.3, -0.25) is 13.9 Å². The lowest BCUT2D eigenvalue weighted by Crippen LogP contribution is -2.54. The first-order valence-electron chi connectivity index (χ1n) is 12.2. The van der Waals surface area contributed by atoms with Crippen LogP contribution in [-0.4, -0.2) is 50.0 Å². The van der Waals surface area contributed by atoms with E-state index in [1.165, 1.54) is 41.3 Å². The molecule has 208 valence electrons. The summed E-state index contributed by atoms with van der Waals surface area (Å²) in [5.41, 5.74) is 1.03.